The zero-order valence-electron chi connectivity index (χ0n) is 6.20. The van der Waals surface area contributed by atoms with Crippen molar-refractivity contribution in [3.63, 3.8) is 0 Å². The van der Waals surface area contributed by atoms with Gasteiger partial charge >= 0.3 is 11.9 Å². The maximum absolute atomic E-state index is 10.1. The molecule has 0 unspecified atom stereocenters. The Morgan fingerprint density at radius 2 is 1.91 bits per heavy atom. The molecule has 0 saturated carbocycles. The van der Waals surface area contributed by atoms with E-state index in [1.54, 1.807) is 6.92 Å². The Bertz CT molecular complexity index is 157. The van der Waals surface area contributed by atoms with Gasteiger partial charge < -0.3 is 15.5 Å². The van der Waals surface area contributed by atoms with Crippen LogP contribution in [0.5, 0.6) is 0 Å². The fourth-order valence-electron chi connectivity index (χ4n) is 0.596. The van der Waals surface area contributed by atoms with Crippen molar-refractivity contribution in [2.24, 2.45) is 0 Å². The number of rotatable bonds is 5. The monoisotopic (exact) mass is 161 g/mol. The molecule has 0 amide bonds. The molecule has 1 atom stereocenters. The predicted octanol–water partition coefficient (Wildman–Crippen LogP) is -0.476. The van der Waals surface area contributed by atoms with Crippen LogP contribution in [0.1, 0.15) is 13.3 Å². The van der Waals surface area contributed by atoms with E-state index in [4.69, 9.17) is 10.2 Å². The Kier molecular flexibility index (Phi) is 4.21. The van der Waals surface area contributed by atoms with Crippen LogP contribution >= 0.6 is 0 Å². The van der Waals surface area contributed by atoms with Crippen molar-refractivity contribution in [3.05, 3.63) is 0 Å². The molecule has 0 aromatic rings. The standard InChI is InChI=1S/C6H11NO4/c1-4(2-5(8)9)7-3-6(10)11/h4,7H,2-3H2,1H3,(H,8,9)(H,10,11)/t4-/m1/s1. The third kappa shape index (κ3) is 6.79. The highest BCUT2D eigenvalue weighted by atomic mass is 16.4. The first-order valence-electron chi connectivity index (χ1n) is 3.19. The molecule has 0 aromatic heterocycles. The van der Waals surface area contributed by atoms with Crippen molar-refractivity contribution in [1.82, 2.24) is 5.32 Å². The number of aliphatic carboxylic acids is 2. The molecule has 3 N–H and O–H groups in total. The minimum absolute atomic E-state index is 0.0622. The van der Waals surface area contributed by atoms with Crippen LogP contribution in [0, 0.1) is 0 Å². The summed E-state index contributed by atoms with van der Waals surface area (Å²) in [6.45, 7) is 1.42. The lowest BCUT2D eigenvalue weighted by molar-refractivity contribution is -0.139. The smallest absolute Gasteiger partial charge is 0.317 e. The first kappa shape index (κ1) is 9.90. The molecule has 0 rings (SSSR count). The fraction of sp³-hybridized carbons (Fsp3) is 0.667. The van der Waals surface area contributed by atoms with E-state index in [9.17, 15) is 9.59 Å². The molecule has 5 nitrogen and oxygen atoms in total. The summed E-state index contributed by atoms with van der Waals surface area (Å²) in [5.41, 5.74) is 0. The summed E-state index contributed by atoms with van der Waals surface area (Å²) in [6.07, 6.45) is -0.0622. The van der Waals surface area contributed by atoms with Crippen molar-refractivity contribution in [2.45, 2.75) is 19.4 Å². The number of carboxylic acid groups (broad SMARTS) is 2. The minimum atomic E-state index is -0.984. The summed E-state index contributed by atoms with van der Waals surface area (Å²) in [4.78, 5) is 20.0. The summed E-state index contributed by atoms with van der Waals surface area (Å²) in [6, 6.07) is -0.302. The van der Waals surface area contributed by atoms with E-state index in [2.05, 4.69) is 5.32 Å². The van der Waals surface area contributed by atoms with Gasteiger partial charge in [0.2, 0.25) is 0 Å². The summed E-state index contributed by atoms with van der Waals surface area (Å²) in [5, 5.41) is 19.0. The van der Waals surface area contributed by atoms with E-state index in [-0.39, 0.29) is 19.0 Å². The predicted molar refractivity (Wildman–Crippen MR) is 37.4 cm³/mol. The van der Waals surface area contributed by atoms with E-state index in [1.165, 1.54) is 0 Å². The van der Waals surface area contributed by atoms with Crippen LogP contribution in [0.3, 0.4) is 0 Å². The van der Waals surface area contributed by atoms with Gasteiger partial charge in [0.15, 0.2) is 0 Å². The highest BCUT2D eigenvalue weighted by Gasteiger charge is 2.07. The summed E-state index contributed by atoms with van der Waals surface area (Å²) in [5.74, 6) is -1.92. The van der Waals surface area contributed by atoms with E-state index in [0.29, 0.717) is 0 Å². The third-order valence-electron chi connectivity index (χ3n) is 1.08. The maximum Gasteiger partial charge on any atom is 0.317 e. The van der Waals surface area contributed by atoms with Crippen molar-refractivity contribution in [3.8, 4) is 0 Å². The molecule has 0 heterocycles. The minimum Gasteiger partial charge on any atom is -0.481 e. The highest BCUT2D eigenvalue weighted by Crippen LogP contribution is 1.88. The Hall–Kier alpha value is -1.10. The average Bonchev–Trinajstić information content (AvgIpc) is 1.82. The van der Waals surface area contributed by atoms with E-state index in [1.807, 2.05) is 0 Å². The van der Waals surface area contributed by atoms with Gasteiger partial charge in [-0.1, -0.05) is 0 Å². The van der Waals surface area contributed by atoms with Crippen LogP contribution in [-0.2, 0) is 9.59 Å². The first-order chi connectivity index (χ1) is 5.02. The molecule has 0 radical (unpaired) electrons. The zero-order chi connectivity index (χ0) is 8.85. The quantitative estimate of drug-likeness (QED) is 0.507. The van der Waals surface area contributed by atoms with Gasteiger partial charge in [0.05, 0.1) is 13.0 Å². The van der Waals surface area contributed by atoms with Gasteiger partial charge in [-0.05, 0) is 6.92 Å². The summed E-state index contributed by atoms with van der Waals surface area (Å²) in [7, 11) is 0. The Balaban J connectivity index is 3.44. The number of carboxylic acids is 2. The Morgan fingerprint density at radius 3 is 2.27 bits per heavy atom. The molecule has 0 saturated heterocycles. The molecule has 0 aliphatic rings. The topological polar surface area (TPSA) is 86.6 Å². The number of hydrogen-bond acceptors (Lipinski definition) is 3. The second-order valence-corrected chi connectivity index (χ2v) is 2.27. The van der Waals surface area contributed by atoms with Crippen molar-refractivity contribution in [1.29, 1.82) is 0 Å². The highest BCUT2D eigenvalue weighted by molar-refractivity contribution is 5.70. The molecule has 0 aliphatic heterocycles. The molecule has 0 aromatic carbocycles. The molecule has 5 heteroatoms. The lowest BCUT2D eigenvalue weighted by Crippen LogP contribution is -2.32. The molecule has 0 aliphatic carbocycles. The molecule has 0 spiro atoms. The average molecular weight is 161 g/mol. The number of hydrogen-bond donors (Lipinski definition) is 3. The molecule has 0 bridgehead atoms. The lowest BCUT2D eigenvalue weighted by Gasteiger charge is -2.07. The van der Waals surface area contributed by atoms with Crippen molar-refractivity contribution < 1.29 is 19.8 Å². The van der Waals surface area contributed by atoms with E-state index in [0.717, 1.165) is 0 Å². The van der Waals surface area contributed by atoms with Gasteiger partial charge in [-0.25, -0.2) is 0 Å². The Morgan fingerprint density at radius 1 is 1.36 bits per heavy atom. The maximum atomic E-state index is 10.1. The van der Waals surface area contributed by atoms with Crippen molar-refractivity contribution in [2.75, 3.05) is 6.54 Å². The zero-order valence-corrected chi connectivity index (χ0v) is 6.20. The lowest BCUT2D eigenvalue weighted by atomic mass is 10.2. The number of nitrogens with one attached hydrogen (secondary N) is 1. The Labute approximate surface area is 64.0 Å². The van der Waals surface area contributed by atoms with Gasteiger partial charge in [0, 0.05) is 6.04 Å². The summed E-state index contributed by atoms with van der Waals surface area (Å²) >= 11 is 0. The van der Waals surface area contributed by atoms with Crippen LogP contribution in [0.4, 0.5) is 0 Å². The summed E-state index contributed by atoms with van der Waals surface area (Å²) < 4.78 is 0. The van der Waals surface area contributed by atoms with E-state index >= 15 is 0 Å². The van der Waals surface area contributed by atoms with Crippen LogP contribution < -0.4 is 5.32 Å². The third-order valence-corrected chi connectivity index (χ3v) is 1.08. The molecule has 11 heavy (non-hydrogen) atoms. The van der Waals surface area contributed by atoms with Crippen LogP contribution in [0.2, 0.25) is 0 Å². The van der Waals surface area contributed by atoms with Gasteiger partial charge in [-0.3, -0.25) is 9.59 Å². The normalized spacial score (nSPS) is 12.5. The molecule has 0 fully saturated rings. The molecule has 64 valence electrons. The van der Waals surface area contributed by atoms with Crippen LogP contribution in [-0.4, -0.2) is 34.7 Å². The van der Waals surface area contributed by atoms with Gasteiger partial charge in [-0.2, -0.15) is 0 Å². The first-order valence-corrected chi connectivity index (χ1v) is 3.19. The van der Waals surface area contributed by atoms with Gasteiger partial charge in [0.25, 0.3) is 0 Å². The SMILES string of the molecule is C[C@H](CC(=O)O)NCC(=O)O. The number of carbonyl (C=O) groups is 2. The molecular weight excluding hydrogens is 150 g/mol. The largest absolute Gasteiger partial charge is 0.481 e. The van der Waals surface area contributed by atoms with Crippen molar-refractivity contribution >= 4 is 11.9 Å². The van der Waals surface area contributed by atoms with Gasteiger partial charge in [-0.15, -0.1) is 0 Å². The molecular formula is C6H11NO4. The second kappa shape index (κ2) is 4.68. The van der Waals surface area contributed by atoms with Crippen LogP contribution in [0.25, 0.3) is 0 Å². The van der Waals surface area contributed by atoms with Crippen LogP contribution in [0.15, 0.2) is 0 Å². The second-order valence-electron chi connectivity index (χ2n) is 2.27. The van der Waals surface area contributed by atoms with Gasteiger partial charge in [0.1, 0.15) is 0 Å². The van der Waals surface area contributed by atoms with E-state index < -0.39 is 11.9 Å². The fourth-order valence-corrected chi connectivity index (χ4v) is 0.596.